The van der Waals surface area contributed by atoms with Crippen LogP contribution < -0.4 is 0 Å². The molecule has 2 unspecified atom stereocenters. The van der Waals surface area contributed by atoms with E-state index in [1.807, 2.05) is 24.3 Å². The Morgan fingerprint density at radius 1 is 0.647 bits per heavy atom. The number of furan rings is 1. The number of hydrogen-bond donors (Lipinski definition) is 0. The molecule has 2 atom stereocenters. The lowest BCUT2D eigenvalue weighted by Crippen LogP contribution is -2.08. The van der Waals surface area contributed by atoms with Crippen LogP contribution in [0, 0.1) is 0 Å². The molecule has 12 rings (SSSR count). The first kappa shape index (κ1) is 41.1. The van der Waals surface area contributed by atoms with Crippen LogP contribution in [0.3, 0.4) is 0 Å². The van der Waals surface area contributed by atoms with Gasteiger partial charge in [-0.15, -0.1) is 0 Å². The number of para-hydroxylation sites is 2. The van der Waals surface area contributed by atoms with Crippen molar-refractivity contribution in [2.45, 2.75) is 37.5 Å². The van der Waals surface area contributed by atoms with Gasteiger partial charge in [0.25, 0.3) is 0 Å². The lowest BCUT2D eigenvalue weighted by atomic mass is 9.86. The number of nitrogens with zero attached hydrogens (tertiary/aromatic N) is 4. The number of rotatable bonds is 11. The zero-order valence-electron chi connectivity index (χ0n) is 37.7. The fraction of sp³-hybridized carbons (Fsp3) is 0.0952. The summed E-state index contributed by atoms with van der Waals surface area (Å²) in [6.07, 6.45) is 23.6. The predicted molar refractivity (Wildman–Crippen MR) is 282 cm³/mol. The van der Waals surface area contributed by atoms with Gasteiger partial charge in [-0.05, 0) is 90.4 Å². The van der Waals surface area contributed by atoms with E-state index in [0.717, 1.165) is 92.2 Å². The van der Waals surface area contributed by atoms with Crippen LogP contribution in [0.5, 0.6) is 0 Å². The molecule has 7 aromatic carbocycles. The molecule has 326 valence electrons. The summed E-state index contributed by atoms with van der Waals surface area (Å²) in [7, 11) is 0. The molecule has 2 aliphatic carbocycles. The first-order valence-corrected chi connectivity index (χ1v) is 23.6. The maximum atomic E-state index is 6.49. The maximum Gasteiger partial charge on any atom is 0.164 e. The fourth-order valence-corrected chi connectivity index (χ4v) is 10.3. The number of benzene rings is 7. The Bertz CT molecular complexity index is 3700. The van der Waals surface area contributed by atoms with E-state index in [9.17, 15) is 0 Å². The van der Waals surface area contributed by atoms with Gasteiger partial charge in [0.2, 0.25) is 0 Å². The highest BCUT2D eigenvalue weighted by molar-refractivity contribution is 6.27. The molecule has 5 nitrogen and oxygen atoms in total. The summed E-state index contributed by atoms with van der Waals surface area (Å²) in [5.41, 5.74) is 14.1. The third-order valence-electron chi connectivity index (χ3n) is 13.6. The minimum Gasteiger partial charge on any atom is -0.456 e. The summed E-state index contributed by atoms with van der Waals surface area (Å²) >= 11 is 0. The van der Waals surface area contributed by atoms with Gasteiger partial charge >= 0.3 is 0 Å². The number of hydrogen-bond acceptors (Lipinski definition) is 4. The molecule has 68 heavy (non-hydrogen) atoms. The normalized spacial score (nSPS) is 15.2. The average Bonchev–Trinajstić information content (AvgIpc) is 3.96. The van der Waals surface area contributed by atoms with Gasteiger partial charge in [-0.1, -0.05) is 188 Å². The summed E-state index contributed by atoms with van der Waals surface area (Å²) in [6, 6.07) is 57.9. The molecule has 3 aromatic heterocycles. The summed E-state index contributed by atoms with van der Waals surface area (Å²) in [6.45, 7) is 4.58. The van der Waals surface area contributed by atoms with E-state index >= 15 is 0 Å². The minimum atomic E-state index is 0.0742. The van der Waals surface area contributed by atoms with Crippen LogP contribution in [0.2, 0.25) is 0 Å². The zero-order chi connectivity index (χ0) is 45.4. The van der Waals surface area contributed by atoms with Crippen molar-refractivity contribution in [1.29, 1.82) is 0 Å². The van der Waals surface area contributed by atoms with Crippen molar-refractivity contribution in [2.75, 3.05) is 0 Å². The molecular weight excluding hydrogens is 829 g/mol. The predicted octanol–water partition coefficient (Wildman–Crippen LogP) is 16.5. The van der Waals surface area contributed by atoms with Crippen LogP contribution in [-0.4, -0.2) is 19.5 Å². The molecule has 0 bridgehead atoms. The Hall–Kier alpha value is -8.41. The molecule has 0 saturated heterocycles. The Kier molecular flexibility index (Phi) is 10.7. The molecular formula is C63H48N4O. The molecule has 3 heterocycles. The lowest BCUT2D eigenvalue weighted by molar-refractivity contribution is 0.669. The molecule has 10 aromatic rings. The number of aromatic nitrogens is 4. The molecule has 0 N–H and O–H groups in total. The zero-order valence-corrected chi connectivity index (χ0v) is 37.7. The van der Waals surface area contributed by atoms with Crippen LogP contribution in [0.15, 0.2) is 235 Å². The van der Waals surface area contributed by atoms with Gasteiger partial charge in [-0.2, -0.15) is 0 Å². The highest BCUT2D eigenvalue weighted by Crippen LogP contribution is 2.46. The van der Waals surface area contributed by atoms with Crippen LogP contribution in [0.1, 0.15) is 54.5 Å². The monoisotopic (exact) mass is 876 g/mol. The highest BCUT2D eigenvalue weighted by Gasteiger charge is 2.27. The van der Waals surface area contributed by atoms with Crippen molar-refractivity contribution in [3.8, 4) is 39.6 Å². The fourth-order valence-electron chi connectivity index (χ4n) is 10.3. The van der Waals surface area contributed by atoms with E-state index in [2.05, 4.69) is 205 Å². The molecule has 0 amide bonds. The molecule has 2 aliphatic rings. The lowest BCUT2D eigenvalue weighted by Gasteiger charge is -2.24. The Morgan fingerprint density at radius 3 is 2.13 bits per heavy atom. The topological polar surface area (TPSA) is 56.7 Å². The second-order valence-electron chi connectivity index (χ2n) is 17.8. The van der Waals surface area contributed by atoms with Crippen molar-refractivity contribution >= 4 is 49.8 Å². The van der Waals surface area contributed by atoms with E-state index in [1.165, 1.54) is 27.5 Å². The van der Waals surface area contributed by atoms with Crippen LogP contribution >= 0.6 is 0 Å². The second-order valence-corrected chi connectivity index (χ2v) is 17.8. The summed E-state index contributed by atoms with van der Waals surface area (Å²) < 4.78 is 8.98. The van der Waals surface area contributed by atoms with Gasteiger partial charge in [-0.25, -0.2) is 15.0 Å². The van der Waals surface area contributed by atoms with Gasteiger partial charge in [0.1, 0.15) is 11.2 Å². The first-order valence-electron chi connectivity index (χ1n) is 23.6. The summed E-state index contributed by atoms with van der Waals surface area (Å²) in [5, 5.41) is 4.61. The number of fused-ring (bicyclic) bond motifs is 7. The van der Waals surface area contributed by atoms with Crippen molar-refractivity contribution in [3.63, 3.8) is 0 Å². The molecule has 5 heteroatoms. The molecule has 0 saturated carbocycles. The van der Waals surface area contributed by atoms with Crippen LogP contribution in [-0.2, 0) is 0 Å². The van der Waals surface area contributed by atoms with E-state index in [1.54, 1.807) is 0 Å². The van der Waals surface area contributed by atoms with E-state index in [-0.39, 0.29) is 11.8 Å². The Labute approximate surface area is 396 Å². The van der Waals surface area contributed by atoms with Gasteiger partial charge < -0.3 is 8.98 Å². The first-order chi connectivity index (χ1) is 33.6. The van der Waals surface area contributed by atoms with E-state index < -0.39 is 0 Å². The maximum absolute atomic E-state index is 6.49. The smallest absolute Gasteiger partial charge is 0.164 e. The van der Waals surface area contributed by atoms with E-state index in [4.69, 9.17) is 19.4 Å². The largest absolute Gasteiger partial charge is 0.456 e. The molecule has 0 aliphatic heterocycles. The van der Waals surface area contributed by atoms with Gasteiger partial charge in [0.15, 0.2) is 17.5 Å². The third kappa shape index (κ3) is 7.62. The van der Waals surface area contributed by atoms with Crippen LogP contribution in [0.4, 0.5) is 0 Å². The van der Waals surface area contributed by atoms with Crippen molar-refractivity contribution in [1.82, 2.24) is 19.5 Å². The standard InChI is InChI=1S/C63H48N4O/c1-42(43-21-7-2-8-22-43)39-48(44-23-9-3-10-24-44)35-38-58-64-62(47-29-15-6-16-30-47)66-63(65-58)49-40-52(45-25-11-4-12-26-45)61(53(41-49)46-27-13-5-14-28-46)67-54-33-19-17-31-50(54)59-55(67)36-37-57-60(59)51-32-18-20-34-56(51)68-57/h2-7,9-21,23-27,29-38,40-41,46,48H,1,8,22,28,39H2/b38-35+. The van der Waals surface area contributed by atoms with Crippen molar-refractivity contribution in [2.24, 2.45) is 0 Å². The minimum absolute atomic E-state index is 0.0742. The van der Waals surface area contributed by atoms with Gasteiger partial charge in [-0.3, -0.25) is 0 Å². The second kappa shape index (κ2) is 17.8. The SMILES string of the molecule is C=C(CC(/C=C/c1nc(-c2ccccc2)nc(-c2cc(-c3ccccc3)c(-n3c4ccccc4c4c5c(ccc43)oc3ccccc35)c(C3C=CC=CC3)c2)n1)c1ccccc1)C1=CC=CCC1. The van der Waals surface area contributed by atoms with Crippen molar-refractivity contribution in [3.05, 3.63) is 247 Å². The summed E-state index contributed by atoms with van der Waals surface area (Å²) in [4.78, 5) is 15.8. The molecule has 0 spiro atoms. The third-order valence-corrected chi connectivity index (χ3v) is 13.6. The molecule has 0 radical (unpaired) electrons. The quantitative estimate of drug-likeness (QED) is 0.130. The average molecular weight is 877 g/mol. The molecule has 0 fully saturated rings. The summed E-state index contributed by atoms with van der Waals surface area (Å²) in [5.74, 6) is 2.00. The van der Waals surface area contributed by atoms with Gasteiger partial charge in [0.05, 0.1) is 16.7 Å². The number of allylic oxidation sites excluding steroid dienone is 10. The van der Waals surface area contributed by atoms with Crippen molar-refractivity contribution < 1.29 is 4.42 Å². The Morgan fingerprint density at radius 2 is 1.37 bits per heavy atom. The highest BCUT2D eigenvalue weighted by atomic mass is 16.3. The van der Waals surface area contributed by atoms with E-state index in [0.29, 0.717) is 17.5 Å². The van der Waals surface area contributed by atoms with Crippen LogP contribution in [0.25, 0.3) is 89.4 Å². The Balaban J connectivity index is 1.09. The van der Waals surface area contributed by atoms with Gasteiger partial charge in [0, 0.05) is 50.1 Å².